The molecular formula is C18H22N2O. The molecule has 3 N–H and O–H groups in total. The van der Waals surface area contributed by atoms with Crippen LogP contribution < -0.4 is 10.6 Å². The third-order valence-electron chi connectivity index (χ3n) is 4.10. The van der Waals surface area contributed by atoms with E-state index in [1.165, 1.54) is 16.7 Å². The van der Waals surface area contributed by atoms with Crippen LogP contribution in [0.3, 0.4) is 0 Å². The molecule has 0 amide bonds. The molecule has 0 spiro atoms. The number of fused-ring (bicyclic) bond motifs is 1. The Morgan fingerprint density at radius 1 is 1.10 bits per heavy atom. The van der Waals surface area contributed by atoms with E-state index in [0.29, 0.717) is 11.8 Å². The molecule has 0 saturated heterocycles. The van der Waals surface area contributed by atoms with Crippen LogP contribution in [-0.2, 0) is 13.0 Å². The van der Waals surface area contributed by atoms with E-state index in [2.05, 4.69) is 34.9 Å². The summed E-state index contributed by atoms with van der Waals surface area (Å²) in [5, 5.41) is 16.5. The molecule has 21 heavy (non-hydrogen) atoms. The third kappa shape index (κ3) is 3.63. The Bertz CT molecular complexity index is 580. The van der Waals surface area contributed by atoms with Gasteiger partial charge in [-0.1, -0.05) is 36.4 Å². The van der Waals surface area contributed by atoms with Crippen molar-refractivity contribution in [3.8, 4) is 5.75 Å². The highest BCUT2D eigenvalue weighted by Gasteiger charge is 2.16. The van der Waals surface area contributed by atoms with E-state index in [1.54, 1.807) is 12.1 Å². The minimum atomic E-state index is 0.329. The second-order valence-corrected chi connectivity index (χ2v) is 5.59. The minimum absolute atomic E-state index is 0.329. The van der Waals surface area contributed by atoms with Gasteiger partial charge in [0.25, 0.3) is 0 Å². The lowest BCUT2D eigenvalue weighted by Crippen LogP contribution is -2.25. The van der Waals surface area contributed by atoms with Crippen molar-refractivity contribution in [3.05, 3.63) is 65.2 Å². The van der Waals surface area contributed by atoms with E-state index < -0.39 is 0 Å². The van der Waals surface area contributed by atoms with Crippen LogP contribution in [0.1, 0.15) is 29.2 Å². The van der Waals surface area contributed by atoms with E-state index in [0.717, 1.165) is 32.5 Å². The number of hydrogen-bond acceptors (Lipinski definition) is 3. The second-order valence-electron chi connectivity index (χ2n) is 5.59. The molecule has 1 aliphatic heterocycles. The normalized spacial score (nSPS) is 18.0. The Hall–Kier alpha value is -1.84. The molecule has 0 aromatic heterocycles. The van der Waals surface area contributed by atoms with E-state index in [4.69, 9.17) is 0 Å². The summed E-state index contributed by atoms with van der Waals surface area (Å²) in [4.78, 5) is 0. The molecule has 3 nitrogen and oxygen atoms in total. The molecule has 2 aromatic carbocycles. The van der Waals surface area contributed by atoms with Gasteiger partial charge in [-0.15, -0.1) is 0 Å². The fourth-order valence-electron chi connectivity index (χ4n) is 2.93. The highest BCUT2D eigenvalue weighted by molar-refractivity contribution is 5.31. The summed E-state index contributed by atoms with van der Waals surface area (Å²) in [6, 6.07) is 16.6. The van der Waals surface area contributed by atoms with E-state index in [9.17, 15) is 5.11 Å². The lowest BCUT2D eigenvalue weighted by atomic mass is 9.99. The first-order valence-electron chi connectivity index (χ1n) is 7.63. The van der Waals surface area contributed by atoms with E-state index in [-0.39, 0.29) is 0 Å². The first-order chi connectivity index (χ1) is 10.3. The Kier molecular flexibility index (Phi) is 4.53. The topological polar surface area (TPSA) is 44.3 Å². The number of benzene rings is 2. The number of rotatable bonds is 4. The van der Waals surface area contributed by atoms with Crippen molar-refractivity contribution in [1.82, 2.24) is 10.6 Å². The van der Waals surface area contributed by atoms with Gasteiger partial charge in [0.1, 0.15) is 5.75 Å². The van der Waals surface area contributed by atoms with Crippen LogP contribution in [0.4, 0.5) is 0 Å². The zero-order chi connectivity index (χ0) is 14.5. The molecule has 3 rings (SSSR count). The molecule has 2 aromatic rings. The van der Waals surface area contributed by atoms with Crippen LogP contribution in [0.25, 0.3) is 0 Å². The van der Waals surface area contributed by atoms with Crippen molar-refractivity contribution in [2.24, 2.45) is 0 Å². The third-order valence-corrected chi connectivity index (χ3v) is 4.10. The first kappa shape index (κ1) is 14.1. The molecule has 3 heteroatoms. The van der Waals surface area contributed by atoms with Crippen LogP contribution in [0, 0.1) is 0 Å². The number of nitrogens with one attached hydrogen (secondary N) is 2. The highest BCUT2D eigenvalue weighted by atomic mass is 16.3. The number of aromatic hydroxyl groups is 1. The van der Waals surface area contributed by atoms with Crippen LogP contribution in [-0.4, -0.2) is 18.2 Å². The van der Waals surface area contributed by atoms with Crippen molar-refractivity contribution < 1.29 is 5.11 Å². The molecule has 1 aliphatic rings. The Labute approximate surface area is 126 Å². The molecule has 0 radical (unpaired) electrons. The molecule has 0 bridgehead atoms. The summed E-state index contributed by atoms with van der Waals surface area (Å²) in [7, 11) is 0. The fourth-order valence-corrected chi connectivity index (χ4v) is 2.93. The van der Waals surface area contributed by atoms with Crippen LogP contribution >= 0.6 is 0 Å². The SMILES string of the molecule is Oc1ccc(CCNC2CCNCc3ccccc32)cc1. The van der Waals surface area contributed by atoms with Crippen LogP contribution in [0.15, 0.2) is 48.5 Å². The Balaban J connectivity index is 1.61. The van der Waals surface area contributed by atoms with Crippen molar-refractivity contribution in [2.45, 2.75) is 25.4 Å². The van der Waals surface area contributed by atoms with Gasteiger partial charge in [-0.2, -0.15) is 0 Å². The van der Waals surface area contributed by atoms with Gasteiger partial charge >= 0.3 is 0 Å². The predicted molar refractivity (Wildman–Crippen MR) is 85.3 cm³/mol. The predicted octanol–water partition coefficient (Wildman–Crippen LogP) is 2.76. The highest BCUT2D eigenvalue weighted by Crippen LogP contribution is 2.23. The Morgan fingerprint density at radius 2 is 1.90 bits per heavy atom. The summed E-state index contributed by atoms with van der Waals surface area (Å²) in [6.07, 6.45) is 2.10. The minimum Gasteiger partial charge on any atom is -0.508 e. The molecule has 1 unspecified atom stereocenters. The van der Waals surface area contributed by atoms with Crippen LogP contribution in [0.2, 0.25) is 0 Å². The molecular weight excluding hydrogens is 260 g/mol. The fraction of sp³-hybridized carbons (Fsp3) is 0.333. The molecule has 0 aliphatic carbocycles. The number of phenolic OH excluding ortho intramolecular Hbond substituents is 1. The van der Waals surface area contributed by atoms with Gasteiger partial charge in [0.2, 0.25) is 0 Å². The van der Waals surface area contributed by atoms with E-state index >= 15 is 0 Å². The van der Waals surface area contributed by atoms with Crippen molar-refractivity contribution in [1.29, 1.82) is 0 Å². The van der Waals surface area contributed by atoms with Crippen molar-refractivity contribution in [2.75, 3.05) is 13.1 Å². The summed E-state index contributed by atoms with van der Waals surface area (Å²) >= 11 is 0. The van der Waals surface area contributed by atoms with Crippen LogP contribution in [0.5, 0.6) is 5.75 Å². The lowest BCUT2D eigenvalue weighted by molar-refractivity contribution is 0.474. The van der Waals surface area contributed by atoms with Crippen molar-refractivity contribution >= 4 is 0 Å². The molecule has 1 heterocycles. The smallest absolute Gasteiger partial charge is 0.115 e. The molecule has 1 atom stereocenters. The van der Waals surface area contributed by atoms with Gasteiger partial charge in [-0.05, 0) is 54.8 Å². The Morgan fingerprint density at radius 3 is 2.76 bits per heavy atom. The number of phenols is 1. The van der Waals surface area contributed by atoms with Crippen molar-refractivity contribution in [3.63, 3.8) is 0 Å². The summed E-state index contributed by atoms with van der Waals surface area (Å²) < 4.78 is 0. The molecule has 0 fully saturated rings. The standard InChI is InChI=1S/C18H22N2O/c21-16-7-5-14(6-8-16)9-12-20-18-10-11-19-13-15-3-1-2-4-17(15)18/h1-8,18-21H,9-13H2. The zero-order valence-electron chi connectivity index (χ0n) is 12.2. The maximum absolute atomic E-state index is 9.30. The van der Waals surface area contributed by atoms with E-state index in [1.807, 2.05) is 12.1 Å². The lowest BCUT2D eigenvalue weighted by Gasteiger charge is -2.19. The van der Waals surface area contributed by atoms with Gasteiger partial charge in [0.15, 0.2) is 0 Å². The second kappa shape index (κ2) is 6.74. The van der Waals surface area contributed by atoms with Gasteiger partial charge < -0.3 is 15.7 Å². The maximum atomic E-state index is 9.30. The largest absolute Gasteiger partial charge is 0.508 e. The summed E-state index contributed by atoms with van der Waals surface area (Å²) in [5.74, 6) is 0.329. The first-order valence-corrected chi connectivity index (χ1v) is 7.63. The van der Waals surface area contributed by atoms with Gasteiger partial charge in [-0.3, -0.25) is 0 Å². The number of hydrogen-bond donors (Lipinski definition) is 3. The molecule has 110 valence electrons. The summed E-state index contributed by atoms with van der Waals surface area (Å²) in [5.41, 5.74) is 4.07. The average molecular weight is 282 g/mol. The van der Waals surface area contributed by atoms with Gasteiger partial charge in [0, 0.05) is 12.6 Å². The summed E-state index contributed by atoms with van der Waals surface area (Å²) in [6.45, 7) is 2.96. The molecule has 0 saturated carbocycles. The van der Waals surface area contributed by atoms with Gasteiger partial charge in [0.05, 0.1) is 0 Å². The zero-order valence-corrected chi connectivity index (χ0v) is 12.2. The maximum Gasteiger partial charge on any atom is 0.115 e. The average Bonchev–Trinajstić information content (AvgIpc) is 2.72. The quantitative estimate of drug-likeness (QED) is 0.808. The van der Waals surface area contributed by atoms with Gasteiger partial charge in [-0.25, -0.2) is 0 Å². The monoisotopic (exact) mass is 282 g/mol.